The zero-order chi connectivity index (χ0) is 17.0. The third-order valence-electron chi connectivity index (χ3n) is 0.834. The van der Waals surface area contributed by atoms with Crippen LogP contribution in [-0.4, -0.2) is 68.2 Å². The molecule has 0 aromatic carbocycles. The summed E-state index contributed by atoms with van der Waals surface area (Å²) in [4.78, 5) is 28.2. The summed E-state index contributed by atoms with van der Waals surface area (Å²) < 4.78 is 0. The van der Waals surface area contributed by atoms with Crippen LogP contribution in [0, 0.1) is 0 Å². The number of hydrogen-bond acceptors (Lipinski definition) is 7. The minimum absolute atomic E-state index is 0.0833. The normalized spacial score (nSPS) is 7.65. The molecule has 0 spiro atoms. The maximum atomic E-state index is 9.60. The Morgan fingerprint density at radius 3 is 1.05 bits per heavy atom. The van der Waals surface area contributed by atoms with Gasteiger partial charge >= 0.3 is 17.9 Å². The number of hydrogen-bond donors (Lipinski definition) is 7. The molecule has 8 nitrogen and oxygen atoms in total. The van der Waals surface area contributed by atoms with E-state index in [4.69, 9.17) is 25.5 Å². The zero-order valence-electron chi connectivity index (χ0n) is 11.1. The fourth-order valence-electron chi connectivity index (χ4n) is 0.214. The average molecular weight is 334 g/mol. The van der Waals surface area contributed by atoms with Gasteiger partial charge in [0.15, 0.2) is 0 Å². The van der Waals surface area contributed by atoms with Gasteiger partial charge < -0.3 is 25.5 Å². The molecule has 0 radical (unpaired) electrons. The molecule has 0 heterocycles. The fraction of sp³-hybridized carbons (Fsp3) is 0.700. The SMILES string of the molecule is CCCC(=O)O.O=C(O)CS.O=C(O)CS.OCCO. The van der Waals surface area contributed by atoms with Crippen molar-refractivity contribution in [3.05, 3.63) is 0 Å². The molecule has 122 valence electrons. The van der Waals surface area contributed by atoms with Gasteiger partial charge in [0, 0.05) is 6.42 Å². The Morgan fingerprint density at radius 2 is 1.05 bits per heavy atom. The van der Waals surface area contributed by atoms with Crippen molar-refractivity contribution in [3.8, 4) is 0 Å². The molecule has 0 saturated carbocycles. The highest BCUT2D eigenvalue weighted by molar-refractivity contribution is 7.81. The Kier molecular flexibility index (Phi) is 36.4. The first-order chi connectivity index (χ1) is 9.22. The van der Waals surface area contributed by atoms with Crippen LogP contribution in [0.15, 0.2) is 0 Å². The van der Waals surface area contributed by atoms with Crippen LogP contribution in [0.3, 0.4) is 0 Å². The van der Waals surface area contributed by atoms with Crippen molar-refractivity contribution in [2.24, 2.45) is 0 Å². The lowest BCUT2D eigenvalue weighted by molar-refractivity contribution is -0.137. The van der Waals surface area contributed by atoms with E-state index in [1.54, 1.807) is 0 Å². The lowest BCUT2D eigenvalue weighted by atomic mass is 10.4. The summed E-state index contributed by atoms with van der Waals surface area (Å²) in [5.41, 5.74) is 0. The van der Waals surface area contributed by atoms with E-state index in [-0.39, 0.29) is 24.7 Å². The number of rotatable bonds is 5. The van der Waals surface area contributed by atoms with Gasteiger partial charge in [0.1, 0.15) is 0 Å². The van der Waals surface area contributed by atoms with E-state index in [1.165, 1.54) is 0 Å². The lowest BCUT2D eigenvalue weighted by Crippen LogP contribution is -1.92. The third kappa shape index (κ3) is 88.5. The summed E-state index contributed by atoms with van der Waals surface area (Å²) in [6, 6.07) is 0. The highest BCUT2D eigenvalue weighted by atomic mass is 32.1. The molecule has 0 unspecified atom stereocenters. The summed E-state index contributed by atoms with van der Waals surface area (Å²) in [6.45, 7) is 1.59. The fourth-order valence-corrected chi connectivity index (χ4v) is 0.214. The van der Waals surface area contributed by atoms with Gasteiger partial charge in [0.25, 0.3) is 0 Å². The first kappa shape index (κ1) is 27.4. The third-order valence-corrected chi connectivity index (χ3v) is 1.38. The van der Waals surface area contributed by atoms with E-state index in [9.17, 15) is 14.4 Å². The molecule has 5 N–H and O–H groups in total. The van der Waals surface area contributed by atoms with Gasteiger partial charge in [-0.15, -0.1) is 0 Å². The summed E-state index contributed by atoms with van der Waals surface area (Å²) >= 11 is 6.83. The predicted molar refractivity (Wildman–Crippen MR) is 79.7 cm³/mol. The van der Waals surface area contributed by atoms with Gasteiger partial charge in [-0.1, -0.05) is 6.92 Å². The number of aliphatic carboxylic acids is 3. The molecule has 0 amide bonds. The first-order valence-electron chi connectivity index (χ1n) is 5.32. The number of aliphatic hydroxyl groups is 2. The summed E-state index contributed by atoms with van der Waals surface area (Å²) in [5, 5.41) is 38.5. The van der Waals surface area contributed by atoms with E-state index in [1.807, 2.05) is 6.92 Å². The quantitative estimate of drug-likeness (QED) is 0.343. The van der Waals surface area contributed by atoms with Crippen molar-refractivity contribution >= 4 is 43.2 Å². The molecule has 0 bridgehead atoms. The van der Waals surface area contributed by atoms with E-state index in [0.29, 0.717) is 6.42 Å². The van der Waals surface area contributed by atoms with Crippen molar-refractivity contribution in [1.29, 1.82) is 0 Å². The van der Waals surface area contributed by atoms with E-state index < -0.39 is 17.9 Å². The molecule has 20 heavy (non-hydrogen) atoms. The lowest BCUT2D eigenvalue weighted by Gasteiger charge is -1.79. The maximum Gasteiger partial charge on any atom is 0.313 e. The predicted octanol–water partition coefficient (Wildman–Crippen LogP) is -0.156. The van der Waals surface area contributed by atoms with Crippen LogP contribution in [-0.2, 0) is 14.4 Å². The van der Waals surface area contributed by atoms with Crippen LogP contribution >= 0.6 is 25.3 Å². The smallest absolute Gasteiger partial charge is 0.313 e. The second-order valence-corrected chi connectivity index (χ2v) is 3.33. The minimum atomic E-state index is -0.881. The number of thiol groups is 2. The highest BCUT2D eigenvalue weighted by Crippen LogP contribution is 1.82. The number of carbonyl (C=O) groups is 3. The largest absolute Gasteiger partial charge is 0.481 e. The average Bonchev–Trinajstić information content (AvgIpc) is 2.40. The molecule has 0 aliphatic rings. The standard InChI is InChI=1S/C4H8O2.2C2H4O2S.C2H6O2/c1-2-3-4(5)6;2*3-2(4)1-5;3-1-2-4/h2-3H2,1H3,(H,5,6);2*5H,1H2,(H,3,4);3-4H,1-2H2. The monoisotopic (exact) mass is 334 g/mol. The molecule has 0 aromatic heterocycles. The Bertz CT molecular complexity index is 219. The van der Waals surface area contributed by atoms with Gasteiger partial charge in [-0.3, -0.25) is 14.4 Å². The van der Waals surface area contributed by atoms with Gasteiger partial charge in [0.05, 0.1) is 24.7 Å². The molecule has 0 aliphatic carbocycles. The number of carboxylic acids is 3. The van der Waals surface area contributed by atoms with E-state index in [2.05, 4.69) is 25.3 Å². The molecule has 0 aromatic rings. The second-order valence-electron chi connectivity index (χ2n) is 2.69. The van der Waals surface area contributed by atoms with Crippen LogP contribution < -0.4 is 0 Å². The Labute approximate surface area is 128 Å². The zero-order valence-corrected chi connectivity index (χ0v) is 12.9. The summed E-state index contributed by atoms with van der Waals surface area (Å²) in [7, 11) is 0. The molecule has 0 aliphatic heterocycles. The Hall–Kier alpha value is -0.970. The van der Waals surface area contributed by atoms with Crippen LogP contribution in [0.2, 0.25) is 0 Å². The van der Waals surface area contributed by atoms with Gasteiger partial charge in [-0.2, -0.15) is 25.3 Å². The Balaban J connectivity index is -0.0000000862. The molecule has 10 heteroatoms. The van der Waals surface area contributed by atoms with Gasteiger partial charge in [0.2, 0.25) is 0 Å². The van der Waals surface area contributed by atoms with Crippen LogP contribution in [0.4, 0.5) is 0 Å². The first-order valence-corrected chi connectivity index (χ1v) is 6.58. The molecular weight excluding hydrogens is 312 g/mol. The summed E-state index contributed by atoms with van der Waals surface area (Å²) in [5.74, 6) is -2.64. The van der Waals surface area contributed by atoms with Crippen molar-refractivity contribution in [2.45, 2.75) is 19.8 Å². The topological polar surface area (TPSA) is 152 Å². The van der Waals surface area contributed by atoms with E-state index in [0.717, 1.165) is 6.42 Å². The molecule has 0 fully saturated rings. The number of carboxylic acid groups (broad SMARTS) is 3. The maximum absolute atomic E-state index is 9.60. The molecular formula is C10H22O8S2. The highest BCUT2D eigenvalue weighted by Gasteiger charge is 1.87. The van der Waals surface area contributed by atoms with Crippen molar-refractivity contribution in [2.75, 3.05) is 24.7 Å². The van der Waals surface area contributed by atoms with Gasteiger partial charge in [-0.05, 0) is 6.42 Å². The number of aliphatic hydroxyl groups excluding tert-OH is 2. The van der Waals surface area contributed by atoms with Crippen LogP contribution in [0.1, 0.15) is 19.8 Å². The van der Waals surface area contributed by atoms with Crippen LogP contribution in [0.5, 0.6) is 0 Å². The summed E-state index contributed by atoms with van der Waals surface area (Å²) in [6.07, 6.45) is 1.02. The van der Waals surface area contributed by atoms with Crippen molar-refractivity contribution in [3.63, 3.8) is 0 Å². The van der Waals surface area contributed by atoms with Gasteiger partial charge in [-0.25, -0.2) is 0 Å². The molecule has 0 saturated heterocycles. The minimum Gasteiger partial charge on any atom is -0.481 e. The second kappa shape index (κ2) is 26.6. The molecule has 0 atom stereocenters. The van der Waals surface area contributed by atoms with E-state index >= 15 is 0 Å². The Morgan fingerprint density at radius 1 is 0.800 bits per heavy atom. The molecule has 0 rings (SSSR count). The van der Waals surface area contributed by atoms with Crippen molar-refractivity contribution < 1.29 is 39.9 Å². The van der Waals surface area contributed by atoms with Crippen LogP contribution in [0.25, 0.3) is 0 Å². The van der Waals surface area contributed by atoms with Crippen molar-refractivity contribution in [1.82, 2.24) is 0 Å².